The van der Waals surface area contributed by atoms with Crippen LogP contribution in [0.1, 0.15) is 26.2 Å². The first-order valence-electron chi connectivity index (χ1n) is 12.1. The van der Waals surface area contributed by atoms with Gasteiger partial charge in [0.1, 0.15) is 18.1 Å². The number of nitrogens with one attached hydrogen (secondary N) is 1. The molecule has 0 bridgehead atoms. The highest BCUT2D eigenvalue weighted by atomic mass is 16.5. The van der Waals surface area contributed by atoms with Crippen molar-refractivity contribution in [1.29, 1.82) is 0 Å². The molecule has 0 saturated carbocycles. The van der Waals surface area contributed by atoms with Crippen LogP contribution in [-0.4, -0.2) is 52.3 Å². The summed E-state index contributed by atoms with van der Waals surface area (Å²) in [4.78, 5) is 7.11. The number of ether oxygens (including phenoxy) is 2. The Bertz CT molecular complexity index is 1220. The van der Waals surface area contributed by atoms with Crippen molar-refractivity contribution >= 4 is 17.3 Å². The van der Waals surface area contributed by atoms with Crippen molar-refractivity contribution in [2.24, 2.45) is 0 Å². The summed E-state index contributed by atoms with van der Waals surface area (Å²) in [6.45, 7) is 6.89. The molecule has 1 aliphatic heterocycles. The lowest BCUT2D eigenvalue weighted by molar-refractivity contribution is 0.238. The van der Waals surface area contributed by atoms with Gasteiger partial charge in [0.15, 0.2) is 5.65 Å². The fraction of sp³-hybridized carbons (Fsp3) is 0.333. The number of pyridine rings is 1. The molecule has 0 radical (unpaired) electrons. The third-order valence-corrected chi connectivity index (χ3v) is 5.95. The van der Waals surface area contributed by atoms with Crippen molar-refractivity contribution in [3.8, 4) is 22.8 Å². The van der Waals surface area contributed by atoms with Gasteiger partial charge in [0.2, 0.25) is 5.95 Å². The molecule has 5 rings (SSSR count). The van der Waals surface area contributed by atoms with Gasteiger partial charge >= 0.3 is 0 Å². The van der Waals surface area contributed by atoms with Gasteiger partial charge in [-0.15, -0.1) is 5.10 Å². The van der Waals surface area contributed by atoms with E-state index in [4.69, 9.17) is 14.6 Å². The van der Waals surface area contributed by atoms with Crippen LogP contribution in [0.2, 0.25) is 0 Å². The molecule has 176 valence electrons. The summed E-state index contributed by atoms with van der Waals surface area (Å²) in [7, 11) is 0. The first kappa shape index (κ1) is 22.2. The molecular weight excluding hydrogens is 426 g/mol. The second-order valence-corrected chi connectivity index (χ2v) is 8.54. The second-order valence-electron chi connectivity index (χ2n) is 8.54. The van der Waals surface area contributed by atoms with Crippen LogP contribution < -0.4 is 14.8 Å². The fourth-order valence-corrected chi connectivity index (χ4v) is 4.20. The van der Waals surface area contributed by atoms with E-state index >= 15 is 0 Å². The molecule has 2 aromatic carbocycles. The largest absolute Gasteiger partial charge is 0.494 e. The number of fused-ring (bicyclic) bond motifs is 1. The van der Waals surface area contributed by atoms with Gasteiger partial charge < -0.3 is 14.8 Å². The fourth-order valence-electron chi connectivity index (χ4n) is 4.20. The molecule has 34 heavy (non-hydrogen) atoms. The lowest BCUT2D eigenvalue weighted by Gasteiger charge is -2.15. The third kappa shape index (κ3) is 5.31. The molecule has 0 atom stereocenters. The number of hydrogen-bond donors (Lipinski definition) is 1. The van der Waals surface area contributed by atoms with E-state index < -0.39 is 0 Å². The molecule has 2 aromatic heterocycles. The molecule has 1 saturated heterocycles. The predicted molar refractivity (Wildman–Crippen MR) is 135 cm³/mol. The molecular formula is C27H31N5O2. The monoisotopic (exact) mass is 457 g/mol. The van der Waals surface area contributed by atoms with Crippen LogP contribution in [0.4, 0.5) is 11.6 Å². The Balaban J connectivity index is 1.27. The Morgan fingerprint density at radius 1 is 0.882 bits per heavy atom. The zero-order valence-corrected chi connectivity index (χ0v) is 19.6. The standard InChI is InChI=1S/C27H31N5O2/c1-2-18-33-24-8-5-7-21(20-24)25-9-6-10-26-29-27(30-32(25)26)28-22-11-13-23(14-12-22)34-19-17-31-15-3-4-16-31/h5-14,20H,2-4,15-19H2,1H3,(H,28,30). The molecule has 1 fully saturated rings. The predicted octanol–water partition coefficient (Wildman–Crippen LogP) is 5.40. The molecule has 7 heteroatoms. The average molecular weight is 458 g/mol. The smallest absolute Gasteiger partial charge is 0.247 e. The van der Waals surface area contributed by atoms with E-state index in [1.807, 2.05) is 65.2 Å². The molecule has 1 N–H and O–H groups in total. The van der Waals surface area contributed by atoms with E-state index in [0.717, 1.165) is 47.1 Å². The lowest BCUT2D eigenvalue weighted by Crippen LogP contribution is -2.25. The van der Waals surface area contributed by atoms with Gasteiger partial charge in [0.05, 0.1) is 12.3 Å². The van der Waals surface area contributed by atoms with Crippen molar-refractivity contribution in [3.63, 3.8) is 0 Å². The molecule has 0 spiro atoms. The molecule has 4 aromatic rings. The summed E-state index contributed by atoms with van der Waals surface area (Å²) in [5.74, 6) is 2.28. The Morgan fingerprint density at radius 2 is 1.68 bits per heavy atom. The van der Waals surface area contributed by atoms with Crippen LogP contribution in [0, 0.1) is 0 Å². The average Bonchev–Trinajstić information content (AvgIpc) is 3.53. The first-order chi connectivity index (χ1) is 16.8. The van der Waals surface area contributed by atoms with Crippen molar-refractivity contribution < 1.29 is 9.47 Å². The zero-order chi connectivity index (χ0) is 23.2. The summed E-state index contributed by atoms with van der Waals surface area (Å²) >= 11 is 0. The van der Waals surface area contributed by atoms with Gasteiger partial charge in [-0.1, -0.05) is 25.1 Å². The molecule has 0 amide bonds. The van der Waals surface area contributed by atoms with Crippen LogP contribution in [0.5, 0.6) is 11.5 Å². The minimum absolute atomic E-state index is 0.550. The zero-order valence-electron chi connectivity index (χ0n) is 19.6. The highest BCUT2D eigenvalue weighted by Crippen LogP contribution is 2.26. The van der Waals surface area contributed by atoms with Crippen LogP contribution in [0.15, 0.2) is 66.7 Å². The molecule has 1 aliphatic rings. The first-order valence-corrected chi connectivity index (χ1v) is 12.1. The maximum absolute atomic E-state index is 5.90. The summed E-state index contributed by atoms with van der Waals surface area (Å²) in [6.07, 6.45) is 3.58. The van der Waals surface area contributed by atoms with Gasteiger partial charge in [-0.05, 0) is 80.9 Å². The van der Waals surface area contributed by atoms with Crippen molar-refractivity contribution in [1.82, 2.24) is 19.5 Å². The van der Waals surface area contributed by atoms with E-state index in [1.165, 1.54) is 25.9 Å². The van der Waals surface area contributed by atoms with Gasteiger partial charge in [-0.3, -0.25) is 4.90 Å². The van der Waals surface area contributed by atoms with Gasteiger partial charge in [-0.2, -0.15) is 4.98 Å². The van der Waals surface area contributed by atoms with Gasteiger partial charge in [-0.25, -0.2) is 4.52 Å². The summed E-state index contributed by atoms with van der Waals surface area (Å²) in [5.41, 5.74) is 3.69. The van der Waals surface area contributed by atoms with Crippen LogP contribution in [0.3, 0.4) is 0 Å². The van der Waals surface area contributed by atoms with Gasteiger partial charge in [0, 0.05) is 17.8 Å². The van der Waals surface area contributed by atoms with E-state index in [1.54, 1.807) is 0 Å². The maximum atomic E-state index is 5.90. The normalized spacial score (nSPS) is 13.9. The maximum Gasteiger partial charge on any atom is 0.247 e. The molecule has 0 aliphatic carbocycles. The SMILES string of the molecule is CCCOc1cccc(-c2cccc3nc(Nc4ccc(OCCN5CCCC5)cc4)nn23)c1. The van der Waals surface area contributed by atoms with Crippen LogP contribution in [0.25, 0.3) is 16.9 Å². The summed E-state index contributed by atoms with van der Waals surface area (Å²) < 4.78 is 13.6. The number of benzene rings is 2. The summed E-state index contributed by atoms with van der Waals surface area (Å²) in [5, 5.41) is 8.02. The quantitative estimate of drug-likeness (QED) is 0.344. The molecule has 0 unspecified atom stereocenters. The minimum Gasteiger partial charge on any atom is -0.494 e. The van der Waals surface area contributed by atoms with Crippen LogP contribution in [-0.2, 0) is 0 Å². The van der Waals surface area contributed by atoms with Crippen molar-refractivity contribution in [3.05, 3.63) is 66.7 Å². The van der Waals surface area contributed by atoms with Gasteiger partial charge in [0.25, 0.3) is 0 Å². The Morgan fingerprint density at radius 3 is 2.50 bits per heavy atom. The minimum atomic E-state index is 0.550. The van der Waals surface area contributed by atoms with E-state index in [2.05, 4.69) is 28.2 Å². The molecule has 3 heterocycles. The number of anilines is 2. The topological polar surface area (TPSA) is 63.9 Å². The highest BCUT2D eigenvalue weighted by Gasteiger charge is 2.12. The number of rotatable bonds is 10. The Labute approximate surface area is 200 Å². The lowest BCUT2D eigenvalue weighted by atomic mass is 10.1. The third-order valence-electron chi connectivity index (χ3n) is 5.95. The van der Waals surface area contributed by atoms with Crippen molar-refractivity contribution in [2.45, 2.75) is 26.2 Å². The second kappa shape index (κ2) is 10.6. The Kier molecular flexibility index (Phi) is 6.91. The van der Waals surface area contributed by atoms with E-state index in [0.29, 0.717) is 19.2 Å². The highest BCUT2D eigenvalue weighted by molar-refractivity contribution is 5.66. The number of hydrogen-bond acceptors (Lipinski definition) is 6. The Hall–Kier alpha value is -3.58. The van der Waals surface area contributed by atoms with E-state index in [-0.39, 0.29) is 0 Å². The van der Waals surface area contributed by atoms with E-state index in [9.17, 15) is 0 Å². The number of likely N-dealkylation sites (tertiary alicyclic amines) is 1. The number of aromatic nitrogens is 3. The summed E-state index contributed by atoms with van der Waals surface area (Å²) in [6, 6.07) is 22.0. The van der Waals surface area contributed by atoms with Crippen molar-refractivity contribution in [2.75, 3.05) is 38.2 Å². The molecule has 7 nitrogen and oxygen atoms in total. The number of nitrogens with zero attached hydrogens (tertiary/aromatic N) is 4. The van der Waals surface area contributed by atoms with Crippen LogP contribution >= 0.6 is 0 Å².